The van der Waals surface area contributed by atoms with Crippen LogP contribution in [-0.4, -0.2) is 10.8 Å². The number of hydrogen-bond donors (Lipinski definition) is 0. The summed E-state index contributed by atoms with van der Waals surface area (Å²) >= 11 is 0. The fraction of sp³-hybridized carbons (Fsp3) is 0.400. The average molecular weight is 460 g/mol. The molecule has 0 aliphatic heterocycles. The highest BCUT2D eigenvalue weighted by Crippen LogP contribution is 2.49. The number of nitrogens with zero attached hydrogens (tertiary/aromatic N) is 1. The maximum atomic E-state index is 14.1. The number of aromatic nitrogens is 1. The lowest BCUT2D eigenvalue weighted by Crippen LogP contribution is -2.28. The first-order valence-electron chi connectivity index (χ1n) is 12.4. The van der Waals surface area contributed by atoms with E-state index in [4.69, 9.17) is 4.98 Å². The minimum absolute atomic E-state index is 0.120. The second-order valence-corrected chi connectivity index (χ2v) is 10.9. The molecule has 1 heterocycles. The molecule has 0 unspecified atom stereocenters. The molecule has 1 fully saturated rings. The van der Waals surface area contributed by atoms with Crippen LogP contribution in [0.3, 0.4) is 0 Å². The van der Waals surface area contributed by atoms with Gasteiger partial charge in [-0.3, -0.25) is 9.78 Å². The van der Waals surface area contributed by atoms with E-state index in [2.05, 4.69) is 20.8 Å². The van der Waals surface area contributed by atoms with Crippen molar-refractivity contribution in [1.82, 2.24) is 4.98 Å². The zero-order valence-corrected chi connectivity index (χ0v) is 20.1. The van der Waals surface area contributed by atoms with Gasteiger partial charge in [-0.1, -0.05) is 45.7 Å². The largest absolute Gasteiger partial charge is 0.289 e. The van der Waals surface area contributed by atoms with Crippen molar-refractivity contribution < 1.29 is 13.6 Å². The zero-order valence-electron chi connectivity index (χ0n) is 20.1. The Hall–Kier alpha value is -2.88. The van der Waals surface area contributed by atoms with Crippen LogP contribution in [0.25, 0.3) is 11.1 Å². The minimum atomic E-state index is -0.370. The van der Waals surface area contributed by atoms with Crippen molar-refractivity contribution in [2.75, 3.05) is 0 Å². The molecule has 2 nitrogen and oxygen atoms in total. The maximum absolute atomic E-state index is 14.1. The molecular weight excluding hydrogens is 428 g/mol. The van der Waals surface area contributed by atoms with E-state index in [9.17, 15) is 13.6 Å². The Morgan fingerprint density at radius 2 is 1.53 bits per heavy atom. The predicted octanol–water partition coefficient (Wildman–Crippen LogP) is 7.99. The van der Waals surface area contributed by atoms with Crippen molar-refractivity contribution in [1.29, 1.82) is 0 Å². The van der Waals surface area contributed by atoms with Gasteiger partial charge in [0.1, 0.15) is 11.6 Å². The second-order valence-electron chi connectivity index (χ2n) is 10.9. The standard InChI is InChI=1S/C30H31F2NO/c1-18-16-30(2,3)17-24-25(18)26(19-8-12-22(31)13-9-19)27(28(33-24)20-6-4-5-7-20)29(34)21-10-14-23(32)15-11-21/h8-15,18,20H,4-7,16-17H2,1-3H3/t18-/m0/s1. The summed E-state index contributed by atoms with van der Waals surface area (Å²) in [5, 5.41) is 0. The molecule has 0 amide bonds. The van der Waals surface area contributed by atoms with Crippen molar-refractivity contribution in [2.45, 2.75) is 71.1 Å². The van der Waals surface area contributed by atoms with Crippen LogP contribution < -0.4 is 0 Å². The Bertz CT molecular complexity index is 1220. The van der Waals surface area contributed by atoms with Crippen LogP contribution in [0.1, 0.15) is 97.6 Å². The summed E-state index contributed by atoms with van der Waals surface area (Å²) in [5.74, 6) is -0.365. The number of halogens is 2. The molecule has 34 heavy (non-hydrogen) atoms. The summed E-state index contributed by atoms with van der Waals surface area (Å²) in [6.07, 6.45) is 6.12. The Labute approximate surface area is 200 Å². The van der Waals surface area contributed by atoms with Crippen molar-refractivity contribution in [3.05, 3.63) is 88.2 Å². The topological polar surface area (TPSA) is 30.0 Å². The number of carbonyl (C=O) groups is 1. The Morgan fingerprint density at radius 3 is 2.15 bits per heavy atom. The molecular formula is C30H31F2NO. The van der Waals surface area contributed by atoms with Crippen LogP contribution in [0, 0.1) is 17.0 Å². The van der Waals surface area contributed by atoms with Gasteiger partial charge in [-0.2, -0.15) is 0 Å². The van der Waals surface area contributed by atoms with E-state index < -0.39 is 0 Å². The summed E-state index contributed by atoms with van der Waals surface area (Å²) in [6, 6.07) is 12.2. The Balaban J connectivity index is 1.83. The first kappa shape index (κ1) is 22.9. The normalized spacial score (nSPS) is 19.7. The quantitative estimate of drug-likeness (QED) is 0.370. The minimum Gasteiger partial charge on any atom is -0.289 e. The third-order valence-corrected chi connectivity index (χ3v) is 7.55. The number of benzene rings is 2. The zero-order chi connectivity index (χ0) is 24.0. The smallest absolute Gasteiger partial charge is 0.195 e. The first-order chi connectivity index (χ1) is 16.2. The number of ketones is 1. The Morgan fingerprint density at radius 1 is 0.941 bits per heavy atom. The maximum Gasteiger partial charge on any atom is 0.195 e. The molecule has 0 spiro atoms. The van der Waals surface area contributed by atoms with E-state index in [1.807, 2.05) is 0 Å². The molecule has 2 aliphatic rings. The van der Waals surface area contributed by atoms with Crippen LogP contribution >= 0.6 is 0 Å². The van der Waals surface area contributed by atoms with Gasteiger partial charge in [0.15, 0.2) is 5.78 Å². The van der Waals surface area contributed by atoms with Crippen LogP contribution in [0.15, 0.2) is 48.5 Å². The van der Waals surface area contributed by atoms with Crippen molar-refractivity contribution in [3.8, 4) is 11.1 Å². The first-order valence-corrected chi connectivity index (χ1v) is 12.4. The fourth-order valence-electron chi connectivity index (χ4n) is 6.18. The van der Waals surface area contributed by atoms with Gasteiger partial charge in [-0.25, -0.2) is 8.78 Å². The van der Waals surface area contributed by atoms with Gasteiger partial charge >= 0.3 is 0 Å². The monoisotopic (exact) mass is 459 g/mol. The molecule has 1 atom stereocenters. The highest BCUT2D eigenvalue weighted by atomic mass is 19.1. The lowest BCUT2D eigenvalue weighted by atomic mass is 9.68. The highest BCUT2D eigenvalue weighted by molar-refractivity contribution is 6.14. The molecule has 1 aromatic heterocycles. The van der Waals surface area contributed by atoms with Gasteiger partial charge in [0.2, 0.25) is 0 Å². The van der Waals surface area contributed by atoms with Crippen LogP contribution in [0.2, 0.25) is 0 Å². The molecule has 0 bridgehead atoms. The Kier molecular flexibility index (Phi) is 5.87. The van der Waals surface area contributed by atoms with E-state index in [1.165, 1.54) is 24.3 Å². The van der Waals surface area contributed by atoms with E-state index in [0.29, 0.717) is 11.1 Å². The van der Waals surface area contributed by atoms with E-state index in [0.717, 1.165) is 66.6 Å². The molecule has 1 saturated carbocycles. The molecule has 2 aliphatic carbocycles. The average Bonchev–Trinajstić information content (AvgIpc) is 3.32. The summed E-state index contributed by atoms with van der Waals surface area (Å²) in [4.78, 5) is 19.3. The third kappa shape index (κ3) is 4.19. The molecule has 0 saturated heterocycles. The lowest BCUT2D eigenvalue weighted by molar-refractivity contribution is 0.103. The molecule has 176 valence electrons. The molecule has 0 N–H and O–H groups in total. The van der Waals surface area contributed by atoms with Gasteiger partial charge in [-0.05, 0) is 90.1 Å². The van der Waals surface area contributed by atoms with Crippen molar-refractivity contribution in [3.63, 3.8) is 0 Å². The summed E-state index contributed by atoms with van der Waals surface area (Å²) in [6.45, 7) is 6.76. The van der Waals surface area contributed by atoms with Gasteiger partial charge in [0, 0.05) is 17.2 Å². The van der Waals surface area contributed by atoms with E-state index in [-0.39, 0.29) is 34.7 Å². The van der Waals surface area contributed by atoms with Crippen molar-refractivity contribution in [2.24, 2.45) is 5.41 Å². The fourth-order valence-corrected chi connectivity index (χ4v) is 6.18. The lowest BCUT2D eigenvalue weighted by Gasteiger charge is -2.37. The number of fused-ring (bicyclic) bond motifs is 1. The van der Waals surface area contributed by atoms with Crippen molar-refractivity contribution >= 4 is 5.78 Å². The number of carbonyl (C=O) groups excluding carboxylic acids is 1. The van der Waals surface area contributed by atoms with Crippen LogP contribution in [0.4, 0.5) is 8.78 Å². The number of pyridine rings is 1. The second kappa shape index (κ2) is 8.72. The highest BCUT2D eigenvalue weighted by Gasteiger charge is 2.37. The SMILES string of the molecule is C[C@H]1CC(C)(C)Cc2nc(C3CCCC3)c(C(=O)c3ccc(F)cc3)c(-c3ccc(F)cc3)c21. The van der Waals surface area contributed by atoms with Crippen LogP contribution in [-0.2, 0) is 6.42 Å². The molecule has 0 radical (unpaired) electrons. The predicted molar refractivity (Wildman–Crippen MR) is 131 cm³/mol. The summed E-state index contributed by atoms with van der Waals surface area (Å²) in [7, 11) is 0. The number of rotatable bonds is 4. The number of hydrogen-bond acceptors (Lipinski definition) is 2. The summed E-state index contributed by atoms with van der Waals surface area (Å²) < 4.78 is 27.5. The molecule has 2 aromatic carbocycles. The molecule has 5 rings (SSSR count). The van der Waals surface area contributed by atoms with Crippen LogP contribution in [0.5, 0.6) is 0 Å². The van der Waals surface area contributed by atoms with E-state index >= 15 is 0 Å². The van der Waals surface area contributed by atoms with Gasteiger partial charge < -0.3 is 0 Å². The van der Waals surface area contributed by atoms with E-state index in [1.54, 1.807) is 24.3 Å². The third-order valence-electron chi connectivity index (χ3n) is 7.55. The molecule has 4 heteroatoms. The van der Waals surface area contributed by atoms with Gasteiger partial charge in [-0.15, -0.1) is 0 Å². The summed E-state index contributed by atoms with van der Waals surface area (Å²) in [5.41, 5.74) is 5.98. The molecule has 3 aromatic rings. The van der Waals surface area contributed by atoms with Gasteiger partial charge in [0.05, 0.1) is 11.3 Å². The van der Waals surface area contributed by atoms with Gasteiger partial charge in [0.25, 0.3) is 0 Å².